The number of aromatic amines is 1. The van der Waals surface area contributed by atoms with Crippen LogP contribution in [0.1, 0.15) is 5.82 Å². The highest BCUT2D eigenvalue weighted by Crippen LogP contribution is 2.12. The molecule has 0 saturated heterocycles. The van der Waals surface area contributed by atoms with Gasteiger partial charge in [-0.3, -0.25) is 0 Å². The molecule has 68 valence electrons. The van der Waals surface area contributed by atoms with Crippen LogP contribution in [0.4, 0.5) is 5.82 Å². The van der Waals surface area contributed by atoms with Crippen molar-refractivity contribution in [2.75, 3.05) is 12.3 Å². The van der Waals surface area contributed by atoms with Crippen molar-refractivity contribution in [3.8, 4) is 0 Å². The summed E-state index contributed by atoms with van der Waals surface area (Å²) in [7, 11) is 0. The molecule has 0 unspecified atom stereocenters. The lowest BCUT2D eigenvalue weighted by atomic mass is 10.4. The minimum absolute atomic E-state index is 0.00930. The van der Waals surface area contributed by atoms with Crippen molar-refractivity contribution in [2.24, 2.45) is 0 Å². The van der Waals surface area contributed by atoms with E-state index in [9.17, 15) is 0 Å². The lowest BCUT2D eigenvalue weighted by Gasteiger charge is -1.98. The van der Waals surface area contributed by atoms with Gasteiger partial charge in [-0.25, -0.2) is 15.0 Å². The zero-order valence-corrected chi connectivity index (χ0v) is 6.86. The SMILES string of the molecule is Nc1nc(CCO)nc2nc[nH]c12. The molecule has 0 bridgehead atoms. The maximum absolute atomic E-state index is 8.68. The van der Waals surface area contributed by atoms with E-state index in [1.54, 1.807) is 0 Å². The van der Waals surface area contributed by atoms with Gasteiger partial charge in [-0.2, -0.15) is 0 Å². The molecule has 0 aliphatic carbocycles. The Kier molecular flexibility index (Phi) is 1.82. The van der Waals surface area contributed by atoms with Crippen LogP contribution in [0.5, 0.6) is 0 Å². The smallest absolute Gasteiger partial charge is 0.183 e. The van der Waals surface area contributed by atoms with E-state index in [0.29, 0.717) is 29.2 Å². The molecule has 0 aliphatic rings. The fourth-order valence-electron chi connectivity index (χ4n) is 1.11. The summed E-state index contributed by atoms with van der Waals surface area (Å²) in [6, 6.07) is 0. The summed E-state index contributed by atoms with van der Waals surface area (Å²) < 4.78 is 0. The van der Waals surface area contributed by atoms with Gasteiger partial charge < -0.3 is 15.8 Å². The number of nitrogen functional groups attached to an aromatic ring is 1. The Labute approximate surface area is 73.8 Å². The lowest BCUT2D eigenvalue weighted by molar-refractivity contribution is 0.297. The second-order valence-electron chi connectivity index (χ2n) is 2.60. The Morgan fingerprint density at radius 3 is 3.08 bits per heavy atom. The van der Waals surface area contributed by atoms with Crippen LogP contribution in [0.15, 0.2) is 6.33 Å². The number of aliphatic hydroxyl groups excluding tert-OH is 1. The van der Waals surface area contributed by atoms with Crippen LogP contribution < -0.4 is 5.73 Å². The summed E-state index contributed by atoms with van der Waals surface area (Å²) in [5.74, 6) is 0.880. The molecule has 13 heavy (non-hydrogen) atoms. The van der Waals surface area contributed by atoms with Gasteiger partial charge in [0.15, 0.2) is 11.5 Å². The van der Waals surface area contributed by atoms with E-state index in [0.717, 1.165) is 0 Å². The summed E-state index contributed by atoms with van der Waals surface area (Å²) in [6.45, 7) is 0.00930. The van der Waals surface area contributed by atoms with Crippen LogP contribution in [0, 0.1) is 0 Å². The van der Waals surface area contributed by atoms with Crippen LogP contribution in [0.25, 0.3) is 11.2 Å². The van der Waals surface area contributed by atoms with Gasteiger partial charge in [-0.1, -0.05) is 0 Å². The first-order valence-corrected chi connectivity index (χ1v) is 3.87. The molecule has 6 nitrogen and oxygen atoms in total. The van der Waals surface area contributed by atoms with Crippen LogP contribution in [-0.4, -0.2) is 31.6 Å². The van der Waals surface area contributed by atoms with E-state index in [1.165, 1.54) is 6.33 Å². The first-order chi connectivity index (χ1) is 6.31. The predicted molar refractivity (Wildman–Crippen MR) is 46.9 cm³/mol. The van der Waals surface area contributed by atoms with E-state index in [4.69, 9.17) is 10.8 Å². The summed E-state index contributed by atoms with van der Waals surface area (Å²) in [5, 5.41) is 8.68. The summed E-state index contributed by atoms with van der Waals surface area (Å²) in [4.78, 5) is 14.9. The Hall–Kier alpha value is -1.69. The highest BCUT2D eigenvalue weighted by Gasteiger charge is 2.05. The number of anilines is 1. The molecule has 0 radical (unpaired) electrons. The van der Waals surface area contributed by atoms with E-state index in [2.05, 4.69) is 19.9 Å². The molecular weight excluding hydrogens is 170 g/mol. The molecule has 0 spiro atoms. The van der Waals surface area contributed by atoms with Crippen molar-refractivity contribution in [1.82, 2.24) is 19.9 Å². The average Bonchev–Trinajstić information content (AvgIpc) is 2.53. The first-order valence-electron chi connectivity index (χ1n) is 3.87. The lowest BCUT2D eigenvalue weighted by Crippen LogP contribution is -2.02. The summed E-state index contributed by atoms with van der Waals surface area (Å²) in [6.07, 6.45) is 1.91. The molecule has 0 amide bonds. The molecule has 2 heterocycles. The molecule has 0 fully saturated rings. The first kappa shape index (κ1) is 7.93. The predicted octanol–water partition coefficient (Wildman–Crippen LogP) is -0.530. The topological polar surface area (TPSA) is 101 Å². The molecule has 0 saturated carbocycles. The minimum Gasteiger partial charge on any atom is -0.396 e. The van der Waals surface area contributed by atoms with E-state index in [1.807, 2.05) is 0 Å². The van der Waals surface area contributed by atoms with Crippen molar-refractivity contribution in [3.63, 3.8) is 0 Å². The monoisotopic (exact) mass is 179 g/mol. The molecule has 6 heteroatoms. The van der Waals surface area contributed by atoms with Gasteiger partial charge in [0.25, 0.3) is 0 Å². The molecular formula is C7H9N5O. The zero-order valence-electron chi connectivity index (χ0n) is 6.86. The third-order valence-corrected chi connectivity index (χ3v) is 1.70. The molecule has 0 atom stereocenters. The van der Waals surface area contributed by atoms with Crippen LogP contribution in [0.2, 0.25) is 0 Å². The molecule has 4 N–H and O–H groups in total. The maximum atomic E-state index is 8.68. The van der Waals surface area contributed by atoms with Gasteiger partial charge in [0.1, 0.15) is 11.3 Å². The highest BCUT2D eigenvalue weighted by atomic mass is 16.3. The summed E-state index contributed by atoms with van der Waals surface area (Å²) in [5.41, 5.74) is 6.81. The van der Waals surface area contributed by atoms with Crippen LogP contribution in [0.3, 0.4) is 0 Å². The van der Waals surface area contributed by atoms with Crippen LogP contribution >= 0.6 is 0 Å². The quantitative estimate of drug-likeness (QED) is 0.575. The number of fused-ring (bicyclic) bond motifs is 1. The Morgan fingerprint density at radius 2 is 2.31 bits per heavy atom. The van der Waals surface area contributed by atoms with Gasteiger partial charge in [0.05, 0.1) is 12.9 Å². The third kappa shape index (κ3) is 1.31. The number of nitrogens with zero attached hydrogens (tertiary/aromatic N) is 3. The largest absolute Gasteiger partial charge is 0.396 e. The maximum Gasteiger partial charge on any atom is 0.183 e. The van der Waals surface area contributed by atoms with E-state index in [-0.39, 0.29) is 6.61 Å². The number of aromatic nitrogens is 4. The molecule has 2 rings (SSSR count). The molecule has 2 aromatic heterocycles. The second-order valence-corrected chi connectivity index (χ2v) is 2.60. The van der Waals surface area contributed by atoms with Gasteiger partial charge in [0, 0.05) is 6.42 Å². The van der Waals surface area contributed by atoms with Crippen molar-refractivity contribution in [2.45, 2.75) is 6.42 Å². The average molecular weight is 179 g/mol. The van der Waals surface area contributed by atoms with Crippen molar-refractivity contribution in [1.29, 1.82) is 0 Å². The van der Waals surface area contributed by atoms with Gasteiger partial charge in [-0.15, -0.1) is 0 Å². The number of hydrogen-bond donors (Lipinski definition) is 3. The summed E-state index contributed by atoms with van der Waals surface area (Å²) >= 11 is 0. The highest BCUT2D eigenvalue weighted by molar-refractivity contribution is 5.80. The normalized spacial score (nSPS) is 10.8. The number of H-pyrrole nitrogens is 1. The fourth-order valence-corrected chi connectivity index (χ4v) is 1.11. The van der Waals surface area contributed by atoms with Gasteiger partial charge >= 0.3 is 0 Å². The Balaban J connectivity index is 2.56. The number of nitrogens with two attached hydrogens (primary N) is 1. The van der Waals surface area contributed by atoms with E-state index < -0.39 is 0 Å². The van der Waals surface area contributed by atoms with Gasteiger partial charge in [0.2, 0.25) is 0 Å². The molecule has 2 aromatic rings. The zero-order chi connectivity index (χ0) is 9.26. The molecule has 0 aromatic carbocycles. The number of hydrogen-bond acceptors (Lipinski definition) is 5. The van der Waals surface area contributed by atoms with Crippen LogP contribution in [-0.2, 0) is 6.42 Å². The Bertz CT molecular complexity index is 424. The Morgan fingerprint density at radius 1 is 1.46 bits per heavy atom. The number of rotatable bonds is 2. The third-order valence-electron chi connectivity index (χ3n) is 1.70. The van der Waals surface area contributed by atoms with Crippen molar-refractivity contribution in [3.05, 3.63) is 12.2 Å². The van der Waals surface area contributed by atoms with Gasteiger partial charge in [-0.05, 0) is 0 Å². The van der Waals surface area contributed by atoms with E-state index >= 15 is 0 Å². The van der Waals surface area contributed by atoms with Crippen molar-refractivity contribution >= 4 is 17.0 Å². The fraction of sp³-hybridized carbons (Fsp3) is 0.286. The number of aliphatic hydroxyl groups is 1. The minimum atomic E-state index is 0.00930. The van der Waals surface area contributed by atoms with Crippen molar-refractivity contribution < 1.29 is 5.11 Å². The second kappa shape index (κ2) is 2.98. The number of imidazole rings is 1. The number of nitrogens with one attached hydrogen (secondary N) is 1. The molecule has 0 aliphatic heterocycles. The standard InChI is InChI=1S/C7H9N5O/c8-6-5-7(10-3-9-5)12-4(11-6)1-2-13/h3,13H,1-2H2,(H3,8,9,10,11,12).